The molecule has 0 atom stereocenters. The lowest BCUT2D eigenvalue weighted by molar-refractivity contribution is 0.0959. The van der Waals surface area contributed by atoms with Crippen molar-refractivity contribution in [3.05, 3.63) is 64.4 Å². The molecule has 2 heterocycles. The number of allylic oxidation sites excluding steroid dienone is 3. The summed E-state index contributed by atoms with van der Waals surface area (Å²) in [6.07, 6.45) is 8.90. The van der Waals surface area contributed by atoms with Gasteiger partial charge in [0.05, 0.1) is 4.88 Å². The molecule has 1 aliphatic rings. The molecule has 0 radical (unpaired) electrons. The zero-order valence-electron chi connectivity index (χ0n) is 12.1. The van der Waals surface area contributed by atoms with E-state index in [2.05, 4.69) is 10.5 Å². The molecular weight excluding hydrogens is 312 g/mol. The van der Waals surface area contributed by atoms with E-state index in [1.165, 1.54) is 17.6 Å². The second kappa shape index (κ2) is 7.42. The van der Waals surface area contributed by atoms with Crippen LogP contribution in [-0.4, -0.2) is 18.9 Å². The normalized spacial score (nSPS) is 13.4. The zero-order chi connectivity index (χ0) is 15.9. The third-order valence-electron chi connectivity index (χ3n) is 2.98. The van der Waals surface area contributed by atoms with Gasteiger partial charge < -0.3 is 9.47 Å². The summed E-state index contributed by atoms with van der Waals surface area (Å²) in [6, 6.07) is 9.33. The van der Waals surface area contributed by atoms with Gasteiger partial charge in [-0.2, -0.15) is 5.10 Å². The number of hydrogen-bond donors (Lipinski definition) is 1. The highest BCUT2D eigenvalue weighted by molar-refractivity contribution is 7.12. The van der Waals surface area contributed by atoms with Gasteiger partial charge in [0.1, 0.15) is 0 Å². The van der Waals surface area contributed by atoms with Gasteiger partial charge in [-0.15, -0.1) is 11.3 Å². The third-order valence-corrected chi connectivity index (χ3v) is 3.85. The molecular formula is C17H14N2O3S. The lowest BCUT2D eigenvalue weighted by atomic mass is 10.2. The summed E-state index contributed by atoms with van der Waals surface area (Å²) in [7, 11) is 0. The van der Waals surface area contributed by atoms with E-state index in [-0.39, 0.29) is 12.7 Å². The van der Waals surface area contributed by atoms with E-state index in [0.717, 1.165) is 17.1 Å². The van der Waals surface area contributed by atoms with Gasteiger partial charge in [0.2, 0.25) is 6.79 Å². The van der Waals surface area contributed by atoms with Gasteiger partial charge >= 0.3 is 0 Å². The van der Waals surface area contributed by atoms with Gasteiger partial charge in [-0.25, -0.2) is 5.43 Å². The summed E-state index contributed by atoms with van der Waals surface area (Å²) >= 11 is 1.37. The monoisotopic (exact) mass is 326 g/mol. The molecule has 1 amide bonds. The average Bonchev–Trinajstić information content (AvgIpc) is 3.24. The summed E-state index contributed by atoms with van der Waals surface area (Å²) in [6.45, 7) is 0.274. The zero-order valence-corrected chi connectivity index (χ0v) is 13.0. The first-order valence-electron chi connectivity index (χ1n) is 6.93. The van der Waals surface area contributed by atoms with E-state index < -0.39 is 0 Å². The van der Waals surface area contributed by atoms with E-state index in [4.69, 9.17) is 9.47 Å². The first-order valence-corrected chi connectivity index (χ1v) is 7.81. The molecule has 1 aliphatic heterocycles. The number of rotatable bonds is 5. The second-order valence-electron chi connectivity index (χ2n) is 4.55. The molecule has 5 nitrogen and oxygen atoms in total. The van der Waals surface area contributed by atoms with E-state index in [0.29, 0.717) is 4.88 Å². The lowest BCUT2D eigenvalue weighted by Gasteiger charge is -1.96. The number of ether oxygens (including phenoxy) is 2. The molecule has 1 N–H and O–H groups in total. The molecule has 3 rings (SSSR count). The van der Waals surface area contributed by atoms with Gasteiger partial charge in [0.15, 0.2) is 11.5 Å². The average molecular weight is 326 g/mol. The van der Waals surface area contributed by atoms with Crippen LogP contribution in [-0.2, 0) is 0 Å². The molecule has 2 aromatic rings. The van der Waals surface area contributed by atoms with Crippen LogP contribution in [0, 0.1) is 0 Å². The Labute approximate surface area is 137 Å². The highest BCUT2D eigenvalue weighted by Crippen LogP contribution is 2.32. The Morgan fingerprint density at radius 3 is 2.96 bits per heavy atom. The van der Waals surface area contributed by atoms with Crippen molar-refractivity contribution in [3.63, 3.8) is 0 Å². The van der Waals surface area contributed by atoms with Gasteiger partial charge in [0, 0.05) is 6.21 Å². The highest BCUT2D eigenvalue weighted by Gasteiger charge is 2.11. The van der Waals surface area contributed by atoms with Gasteiger partial charge in [-0.3, -0.25) is 4.79 Å². The summed E-state index contributed by atoms with van der Waals surface area (Å²) in [5.41, 5.74) is 3.47. The molecule has 1 aromatic carbocycles. The molecule has 0 aliphatic carbocycles. The fourth-order valence-corrected chi connectivity index (χ4v) is 2.51. The van der Waals surface area contributed by atoms with Crippen molar-refractivity contribution >= 4 is 29.5 Å². The Hall–Kier alpha value is -2.86. The minimum Gasteiger partial charge on any atom is -0.454 e. The molecule has 1 aromatic heterocycles. The smallest absolute Gasteiger partial charge is 0.281 e. The number of fused-ring (bicyclic) bond motifs is 1. The molecule has 6 heteroatoms. The van der Waals surface area contributed by atoms with Crippen LogP contribution in [0.15, 0.2) is 59.0 Å². The van der Waals surface area contributed by atoms with Gasteiger partial charge in [-0.1, -0.05) is 30.4 Å². The maximum Gasteiger partial charge on any atom is 0.281 e. The van der Waals surface area contributed by atoms with Crippen LogP contribution in [0.2, 0.25) is 0 Å². The van der Waals surface area contributed by atoms with Crippen LogP contribution in [0.1, 0.15) is 15.2 Å². The fraction of sp³-hybridized carbons (Fsp3) is 0.0588. The first kappa shape index (κ1) is 15.1. The van der Waals surface area contributed by atoms with Crippen LogP contribution in [0.25, 0.3) is 6.08 Å². The van der Waals surface area contributed by atoms with Crippen molar-refractivity contribution in [1.82, 2.24) is 5.43 Å². The van der Waals surface area contributed by atoms with E-state index in [1.54, 1.807) is 12.1 Å². The van der Waals surface area contributed by atoms with Crippen LogP contribution >= 0.6 is 11.3 Å². The standard InChI is InChI=1S/C17H14N2O3S/c20-17(16-6-4-10-23-16)19-18-9-3-1-2-5-13-7-8-14-15(11-13)22-12-21-14/h1-11H,12H2,(H,19,20)/b3-1+,5-2+,18-9+. The number of nitrogens with zero attached hydrogens (tertiary/aromatic N) is 1. The molecule has 0 bridgehead atoms. The van der Waals surface area contributed by atoms with E-state index in [9.17, 15) is 4.79 Å². The second-order valence-corrected chi connectivity index (χ2v) is 5.50. The number of hydrazone groups is 1. The molecule has 0 saturated carbocycles. The predicted molar refractivity (Wildman–Crippen MR) is 91.0 cm³/mol. The topological polar surface area (TPSA) is 59.9 Å². The lowest BCUT2D eigenvalue weighted by Crippen LogP contribution is -2.15. The van der Waals surface area contributed by atoms with Crippen molar-refractivity contribution in [2.45, 2.75) is 0 Å². The minimum absolute atomic E-state index is 0.208. The van der Waals surface area contributed by atoms with Crippen molar-refractivity contribution in [2.75, 3.05) is 6.79 Å². The van der Waals surface area contributed by atoms with E-state index >= 15 is 0 Å². The SMILES string of the molecule is O=C(N/N=C/C=C/C=C/c1ccc2c(c1)OCO2)c1cccs1. The van der Waals surface area contributed by atoms with Crippen LogP contribution < -0.4 is 14.9 Å². The van der Waals surface area contributed by atoms with Crippen LogP contribution in [0.3, 0.4) is 0 Å². The summed E-state index contributed by atoms with van der Waals surface area (Å²) in [5, 5.41) is 5.69. The van der Waals surface area contributed by atoms with Crippen LogP contribution in [0.4, 0.5) is 0 Å². The largest absolute Gasteiger partial charge is 0.454 e. The number of nitrogens with one attached hydrogen (secondary N) is 1. The molecule has 116 valence electrons. The number of amides is 1. The predicted octanol–water partition coefficient (Wildman–Crippen LogP) is 3.46. The Bertz CT molecular complexity index is 764. The van der Waals surface area contributed by atoms with Crippen molar-refractivity contribution < 1.29 is 14.3 Å². The Balaban J connectivity index is 1.47. The quantitative estimate of drug-likeness (QED) is 0.520. The highest BCUT2D eigenvalue weighted by atomic mass is 32.1. The van der Waals surface area contributed by atoms with Crippen molar-refractivity contribution in [2.24, 2.45) is 5.10 Å². The Morgan fingerprint density at radius 1 is 1.17 bits per heavy atom. The molecule has 0 saturated heterocycles. The summed E-state index contributed by atoms with van der Waals surface area (Å²) in [4.78, 5) is 12.2. The number of hydrogen-bond acceptors (Lipinski definition) is 5. The van der Waals surface area contributed by atoms with Crippen molar-refractivity contribution in [3.8, 4) is 11.5 Å². The minimum atomic E-state index is -0.208. The maximum atomic E-state index is 11.6. The summed E-state index contributed by atoms with van der Waals surface area (Å²) in [5.74, 6) is 1.32. The Kier molecular flexibility index (Phi) is 4.85. The fourth-order valence-electron chi connectivity index (χ4n) is 1.90. The number of carbonyl (C=O) groups is 1. The third kappa shape index (κ3) is 4.08. The number of benzene rings is 1. The van der Waals surface area contributed by atoms with Gasteiger partial charge in [-0.05, 0) is 35.2 Å². The number of carbonyl (C=O) groups excluding carboxylic acids is 1. The molecule has 0 spiro atoms. The maximum absolute atomic E-state index is 11.6. The molecule has 23 heavy (non-hydrogen) atoms. The molecule has 0 unspecified atom stereocenters. The van der Waals surface area contributed by atoms with E-state index in [1.807, 2.05) is 47.9 Å². The summed E-state index contributed by atoms with van der Waals surface area (Å²) < 4.78 is 10.6. The Morgan fingerprint density at radius 2 is 2.09 bits per heavy atom. The van der Waals surface area contributed by atoms with Crippen molar-refractivity contribution in [1.29, 1.82) is 0 Å². The van der Waals surface area contributed by atoms with Crippen LogP contribution in [0.5, 0.6) is 11.5 Å². The first-order chi connectivity index (χ1) is 11.3. The molecule has 0 fully saturated rings. The van der Waals surface area contributed by atoms with Gasteiger partial charge in [0.25, 0.3) is 5.91 Å². The number of thiophene rings is 1.